The molecule has 4 rings (SSSR count). The molecule has 2 aliphatic carbocycles. The highest BCUT2D eigenvalue weighted by Crippen LogP contribution is 2.60. The van der Waals surface area contributed by atoms with Gasteiger partial charge >= 0.3 is 0 Å². The monoisotopic (exact) mass is 333 g/mol. The Bertz CT molecular complexity index is 577. The maximum atomic E-state index is 12.7. The third kappa shape index (κ3) is 2.09. The Kier molecular flexibility index (Phi) is 3.72. The van der Waals surface area contributed by atoms with Gasteiger partial charge in [0.25, 0.3) is 0 Å². The van der Waals surface area contributed by atoms with Crippen molar-refractivity contribution < 1.29 is 9.90 Å². The first kappa shape index (κ1) is 16.4. The molecule has 0 spiro atoms. The number of piperidine rings is 1. The van der Waals surface area contributed by atoms with Crippen LogP contribution in [0.2, 0.25) is 0 Å². The minimum Gasteiger partial charge on any atom is -0.393 e. The molecule has 24 heavy (non-hydrogen) atoms. The number of aliphatic hydroxyl groups is 1. The molecule has 2 aliphatic heterocycles. The molecule has 0 radical (unpaired) electrons. The van der Waals surface area contributed by atoms with Crippen LogP contribution in [-0.4, -0.2) is 39.8 Å². The van der Waals surface area contributed by atoms with Gasteiger partial charge in [-0.05, 0) is 69.6 Å². The Morgan fingerprint density at radius 3 is 2.71 bits per heavy atom. The van der Waals surface area contributed by atoms with Crippen molar-refractivity contribution in [1.29, 1.82) is 0 Å². The van der Waals surface area contributed by atoms with Gasteiger partial charge in [-0.15, -0.1) is 0 Å². The number of hydrogen-bond donors (Lipinski definition) is 2. The van der Waals surface area contributed by atoms with E-state index >= 15 is 0 Å². The lowest BCUT2D eigenvalue weighted by Gasteiger charge is -2.59. The zero-order valence-electron chi connectivity index (χ0n) is 15.0. The maximum absolute atomic E-state index is 12.7. The number of aliphatic hydroxyl groups excluding tert-OH is 1. The third-order valence-electron chi connectivity index (χ3n) is 8.13. The van der Waals surface area contributed by atoms with Crippen molar-refractivity contribution in [3.63, 3.8) is 0 Å². The highest BCUT2D eigenvalue weighted by atomic mass is 16.3. The Morgan fingerprint density at radius 2 is 1.96 bits per heavy atom. The number of carbonyl (C=O) groups is 1. The number of nitrogens with zero attached hydrogens (tertiary/aromatic N) is 2. The zero-order valence-corrected chi connectivity index (χ0v) is 15.0. The summed E-state index contributed by atoms with van der Waals surface area (Å²) in [6.07, 6.45) is 7.14. The molecule has 2 saturated heterocycles. The van der Waals surface area contributed by atoms with Crippen LogP contribution in [-0.2, 0) is 4.79 Å². The van der Waals surface area contributed by atoms with Gasteiger partial charge in [-0.1, -0.05) is 6.92 Å². The molecule has 1 unspecified atom stereocenters. The standard InChI is InChI=1S/C19H31N3O2/c1-18-8-6-15-13(14(18)3-4-16(18)21-20)7-10-22-17(24)11-12(23)5-9-19(15,22)2/h12-15,23H,3-11,20H2,1-2H3/t12?,13-,14-,15-,18-,19+/m0/s1. The largest absolute Gasteiger partial charge is 0.393 e. The van der Waals surface area contributed by atoms with Crippen LogP contribution in [0.1, 0.15) is 65.2 Å². The zero-order chi connectivity index (χ0) is 17.1. The Labute approximate surface area is 144 Å². The summed E-state index contributed by atoms with van der Waals surface area (Å²) in [5, 5.41) is 14.2. The summed E-state index contributed by atoms with van der Waals surface area (Å²) in [5.41, 5.74) is 1.30. The van der Waals surface area contributed by atoms with Gasteiger partial charge < -0.3 is 15.8 Å². The lowest BCUT2D eigenvalue weighted by atomic mass is 9.53. The van der Waals surface area contributed by atoms with Gasteiger partial charge in [0.2, 0.25) is 5.91 Å². The molecule has 4 fully saturated rings. The molecule has 3 N–H and O–H groups in total. The summed E-state index contributed by atoms with van der Waals surface area (Å²) in [6, 6.07) is 0. The highest BCUT2D eigenvalue weighted by Gasteiger charge is 2.59. The van der Waals surface area contributed by atoms with Gasteiger partial charge in [-0.2, -0.15) is 5.10 Å². The lowest BCUT2D eigenvalue weighted by Crippen LogP contribution is -2.62. The molecule has 0 aromatic carbocycles. The van der Waals surface area contributed by atoms with Crippen molar-refractivity contribution in [1.82, 2.24) is 4.90 Å². The van der Waals surface area contributed by atoms with E-state index in [0.717, 1.165) is 45.1 Å². The molecule has 0 bridgehead atoms. The average molecular weight is 333 g/mol. The number of fused-ring (bicyclic) bond motifs is 5. The average Bonchev–Trinajstić information content (AvgIpc) is 2.84. The molecule has 0 aromatic heterocycles. The molecule has 134 valence electrons. The fraction of sp³-hybridized carbons (Fsp3) is 0.895. The van der Waals surface area contributed by atoms with Crippen LogP contribution < -0.4 is 5.84 Å². The fourth-order valence-corrected chi connectivity index (χ4v) is 6.80. The van der Waals surface area contributed by atoms with Crippen molar-refractivity contribution in [3.8, 4) is 0 Å². The second-order valence-corrected chi connectivity index (χ2v) is 9.04. The Balaban J connectivity index is 1.67. The van der Waals surface area contributed by atoms with Gasteiger partial charge in [0.15, 0.2) is 0 Å². The second kappa shape index (κ2) is 5.45. The quantitative estimate of drug-likeness (QED) is 0.527. The number of hydrazone groups is 1. The first-order valence-electron chi connectivity index (χ1n) is 9.66. The van der Waals surface area contributed by atoms with E-state index in [-0.39, 0.29) is 16.9 Å². The van der Waals surface area contributed by atoms with Gasteiger partial charge in [-0.3, -0.25) is 4.79 Å². The summed E-state index contributed by atoms with van der Waals surface area (Å²) in [7, 11) is 0. The molecular weight excluding hydrogens is 302 g/mol. The normalized spacial score (nSPS) is 50.2. The number of carbonyl (C=O) groups excluding carboxylic acids is 1. The smallest absolute Gasteiger partial charge is 0.225 e. The molecule has 5 heteroatoms. The highest BCUT2D eigenvalue weighted by molar-refractivity contribution is 5.92. The van der Waals surface area contributed by atoms with E-state index in [1.54, 1.807) is 0 Å². The topological polar surface area (TPSA) is 78.9 Å². The minimum absolute atomic E-state index is 0.0819. The van der Waals surface area contributed by atoms with Crippen LogP contribution in [0.3, 0.4) is 0 Å². The van der Waals surface area contributed by atoms with E-state index < -0.39 is 6.10 Å². The predicted molar refractivity (Wildman–Crippen MR) is 93.3 cm³/mol. The van der Waals surface area contributed by atoms with Crippen LogP contribution in [0, 0.1) is 23.2 Å². The van der Waals surface area contributed by atoms with Gasteiger partial charge in [0.1, 0.15) is 0 Å². The van der Waals surface area contributed by atoms with Crippen molar-refractivity contribution in [2.24, 2.45) is 34.1 Å². The molecule has 0 aromatic rings. The van der Waals surface area contributed by atoms with Crippen LogP contribution >= 0.6 is 0 Å². The van der Waals surface area contributed by atoms with Crippen molar-refractivity contribution in [2.45, 2.75) is 76.9 Å². The van der Waals surface area contributed by atoms with Crippen LogP contribution in [0.25, 0.3) is 0 Å². The summed E-state index contributed by atoms with van der Waals surface area (Å²) < 4.78 is 0. The molecule has 5 nitrogen and oxygen atoms in total. The number of rotatable bonds is 0. The first-order valence-corrected chi connectivity index (χ1v) is 9.66. The van der Waals surface area contributed by atoms with Crippen LogP contribution in [0.15, 0.2) is 5.10 Å². The number of amides is 1. The van der Waals surface area contributed by atoms with Crippen molar-refractivity contribution >= 4 is 11.6 Å². The van der Waals surface area contributed by atoms with Gasteiger partial charge in [0.05, 0.1) is 12.5 Å². The molecule has 1 amide bonds. The molecule has 4 aliphatic rings. The predicted octanol–water partition coefficient (Wildman–Crippen LogP) is 2.28. The fourth-order valence-electron chi connectivity index (χ4n) is 6.80. The number of nitrogens with two attached hydrogens (primary N) is 1. The van der Waals surface area contributed by atoms with E-state index in [9.17, 15) is 9.90 Å². The van der Waals surface area contributed by atoms with Gasteiger partial charge in [-0.25, -0.2) is 0 Å². The summed E-state index contributed by atoms with van der Waals surface area (Å²) in [4.78, 5) is 14.8. The second-order valence-electron chi connectivity index (χ2n) is 9.04. The summed E-state index contributed by atoms with van der Waals surface area (Å²) in [5.74, 6) is 7.71. The van der Waals surface area contributed by atoms with E-state index in [2.05, 4.69) is 23.8 Å². The van der Waals surface area contributed by atoms with Crippen LogP contribution in [0.5, 0.6) is 0 Å². The van der Waals surface area contributed by atoms with Gasteiger partial charge in [0, 0.05) is 23.2 Å². The molecular formula is C19H31N3O2. The van der Waals surface area contributed by atoms with E-state index in [1.165, 1.54) is 12.1 Å². The van der Waals surface area contributed by atoms with Crippen LogP contribution in [0.4, 0.5) is 0 Å². The number of hydrogen-bond acceptors (Lipinski definition) is 4. The first-order chi connectivity index (χ1) is 11.4. The third-order valence-corrected chi connectivity index (χ3v) is 8.13. The molecule has 6 atom stereocenters. The Morgan fingerprint density at radius 1 is 1.17 bits per heavy atom. The lowest BCUT2D eigenvalue weighted by molar-refractivity contribution is -0.150. The Hall–Kier alpha value is -1.10. The van der Waals surface area contributed by atoms with E-state index in [0.29, 0.717) is 24.2 Å². The van der Waals surface area contributed by atoms with Crippen molar-refractivity contribution in [2.75, 3.05) is 6.54 Å². The molecule has 2 saturated carbocycles. The SMILES string of the molecule is C[C@]12CC[C@H]3[C@@H](CCN4C(=O)CC(O)CC[C@]34C)[C@@H]1CCC2=NN. The molecule has 2 heterocycles. The van der Waals surface area contributed by atoms with Crippen molar-refractivity contribution in [3.05, 3.63) is 0 Å². The van der Waals surface area contributed by atoms with E-state index in [4.69, 9.17) is 5.84 Å². The summed E-state index contributed by atoms with van der Waals surface area (Å²) in [6.45, 7) is 5.50. The van der Waals surface area contributed by atoms with E-state index in [1.807, 2.05) is 0 Å². The maximum Gasteiger partial charge on any atom is 0.225 e. The minimum atomic E-state index is -0.463. The summed E-state index contributed by atoms with van der Waals surface area (Å²) >= 11 is 0.